The normalized spacial score (nSPS) is 15.0. The highest BCUT2D eigenvalue weighted by atomic mass is 31.2. The summed E-state index contributed by atoms with van der Waals surface area (Å²) in [6, 6.07) is -0.845. The predicted octanol–water partition coefficient (Wildman–Crippen LogP) is 9.80. The van der Waals surface area contributed by atoms with Crippen LogP contribution in [-0.2, 0) is 18.4 Å². The first-order valence-electron chi connectivity index (χ1n) is 19.2. The van der Waals surface area contributed by atoms with Crippen molar-refractivity contribution in [3.63, 3.8) is 0 Å². The fourth-order valence-corrected chi connectivity index (χ4v) is 6.01. The summed E-state index contributed by atoms with van der Waals surface area (Å²) in [6.07, 6.45) is 33.8. The summed E-state index contributed by atoms with van der Waals surface area (Å²) in [7, 11) is 1.56. The van der Waals surface area contributed by atoms with E-state index in [1.165, 1.54) is 83.5 Å². The zero-order valence-corrected chi connectivity index (χ0v) is 32.2. The van der Waals surface area contributed by atoms with E-state index >= 15 is 0 Å². The van der Waals surface area contributed by atoms with Crippen LogP contribution in [0.2, 0.25) is 0 Å². The molecule has 1 amide bonds. The van der Waals surface area contributed by atoms with E-state index in [0.29, 0.717) is 17.4 Å². The molecule has 0 saturated carbocycles. The van der Waals surface area contributed by atoms with Gasteiger partial charge in [-0.15, -0.1) is 0 Å². The molecule has 0 spiro atoms. The number of amides is 1. The number of rotatable bonds is 34. The Morgan fingerprint density at radius 2 is 1.19 bits per heavy atom. The molecule has 0 rings (SSSR count). The van der Waals surface area contributed by atoms with E-state index < -0.39 is 20.0 Å². The quantitative estimate of drug-likeness (QED) is 0.0269. The summed E-state index contributed by atoms with van der Waals surface area (Å²) >= 11 is 0. The summed E-state index contributed by atoms with van der Waals surface area (Å²) in [5.41, 5.74) is 0. The molecule has 0 aromatic heterocycles. The number of quaternary nitrogens is 1. The van der Waals surface area contributed by atoms with Gasteiger partial charge in [0.1, 0.15) is 13.2 Å². The van der Waals surface area contributed by atoms with Crippen molar-refractivity contribution in [2.45, 2.75) is 174 Å². The van der Waals surface area contributed by atoms with Gasteiger partial charge in [0.25, 0.3) is 0 Å². The predicted molar refractivity (Wildman–Crippen MR) is 198 cm³/mol. The molecule has 0 aromatic rings. The third kappa shape index (κ3) is 33.3. The Morgan fingerprint density at radius 1 is 0.702 bits per heavy atom. The van der Waals surface area contributed by atoms with Crippen molar-refractivity contribution in [1.29, 1.82) is 0 Å². The van der Waals surface area contributed by atoms with Gasteiger partial charge < -0.3 is 19.8 Å². The maximum atomic E-state index is 12.7. The second kappa shape index (κ2) is 31.0. The molecule has 0 saturated heterocycles. The lowest BCUT2D eigenvalue weighted by Crippen LogP contribution is -2.45. The molecule has 0 aliphatic rings. The van der Waals surface area contributed by atoms with Crippen LogP contribution in [-0.4, -0.2) is 73.4 Å². The zero-order valence-electron chi connectivity index (χ0n) is 31.3. The number of hydrogen-bond donors (Lipinski definition) is 3. The van der Waals surface area contributed by atoms with Gasteiger partial charge in [0, 0.05) is 6.42 Å². The van der Waals surface area contributed by atoms with Crippen LogP contribution in [0.25, 0.3) is 0 Å². The van der Waals surface area contributed by atoms with E-state index in [4.69, 9.17) is 9.05 Å². The number of carbonyl (C=O) groups is 1. The minimum Gasteiger partial charge on any atom is -0.387 e. The number of allylic oxidation sites excluding steroid dienone is 3. The number of aliphatic hydroxyl groups excluding tert-OH is 1. The Hall–Kier alpha value is -1.02. The number of unbranched alkanes of at least 4 members (excludes halogenated alkanes) is 19. The molecule has 0 aliphatic heterocycles. The molecule has 3 unspecified atom stereocenters. The number of phosphoric acid groups is 1. The average Bonchev–Trinajstić information content (AvgIpc) is 3.01. The number of phosphoric ester groups is 1. The van der Waals surface area contributed by atoms with Crippen molar-refractivity contribution in [2.75, 3.05) is 40.9 Å². The van der Waals surface area contributed by atoms with Crippen LogP contribution in [0.1, 0.15) is 162 Å². The number of aliphatic hydroxyl groups is 1. The van der Waals surface area contributed by atoms with Crippen LogP contribution < -0.4 is 5.32 Å². The smallest absolute Gasteiger partial charge is 0.387 e. The molecule has 3 N–H and O–H groups in total. The summed E-state index contributed by atoms with van der Waals surface area (Å²) < 4.78 is 23.4. The van der Waals surface area contributed by atoms with Crippen molar-refractivity contribution in [3.05, 3.63) is 24.3 Å². The van der Waals surface area contributed by atoms with Crippen molar-refractivity contribution >= 4 is 13.7 Å². The van der Waals surface area contributed by atoms with Crippen LogP contribution in [0.5, 0.6) is 0 Å². The molecule has 47 heavy (non-hydrogen) atoms. The van der Waals surface area contributed by atoms with Crippen LogP contribution >= 0.6 is 7.82 Å². The molecule has 0 aliphatic carbocycles. The monoisotopic (exact) mass is 688 g/mol. The molecule has 0 bridgehead atoms. The molecule has 278 valence electrons. The summed E-state index contributed by atoms with van der Waals surface area (Å²) in [6.45, 7) is 4.72. The van der Waals surface area contributed by atoms with E-state index in [1.54, 1.807) is 6.08 Å². The maximum Gasteiger partial charge on any atom is 0.472 e. The lowest BCUT2D eigenvalue weighted by molar-refractivity contribution is -0.870. The average molecular weight is 688 g/mol. The molecule has 0 fully saturated rings. The van der Waals surface area contributed by atoms with Gasteiger partial charge >= 0.3 is 7.82 Å². The Labute approximate surface area is 290 Å². The highest BCUT2D eigenvalue weighted by molar-refractivity contribution is 7.47. The van der Waals surface area contributed by atoms with Gasteiger partial charge in [0.05, 0.1) is 39.9 Å². The Balaban J connectivity index is 4.53. The number of nitrogens with zero attached hydrogens (tertiary/aromatic N) is 1. The third-order valence-corrected chi connectivity index (χ3v) is 9.38. The van der Waals surface area contributed by atoms with Crippen LogP contribution in [0.4, 0.5) is 0 Å². The largest absolute Gasteiger partial charge is 0.472 e. The molecule has 3 atom stereocenters. The van der Waals surface area contributed by atoms with Crippen molar-refractivity contribution in [1.82, 2.24) is 5.32 Å². The number of likely N-dealkylation sites (N-methyl/N-ethyl adjacent to an activating group) is 1. The van der Waals surface area contributed by atoms with Crippen LogP contribution in [0.3, 0.4) is 0 Å². The fraction of sp³-hybridized carbons (Fsp3) is 0.868. The topological polar surface area (TPSA) is 105 Å². The second-order valence-electron chi connectivity index (χ2n) is 14.3. The first-order valence-corrected chi connectivity index (χ1v) is 20.7. The standard InChI is InChI=1S/C38H75N2O6P/c1-6-8-10-12-14-16-18-19-20-21-22-23-25-27-29-31-37(41)36(35-46-47(43,44)45-34-33-40(3,4)5)39-38(42)32-30-28-26-24-17-15-13-11-9-7-2/h11,13,29,31,36-37,41H,6-10,12,14-28,30,32-35H2,1-5H3,(H-,39,42,43,44)/p+1/b13-11-,31-29+. The molecule has 0 aromatic carbocycles. The van der Waals surface area contributed by atoms with Crippen molar-refractivity contribution < 1.29 is 32.9 Å². The first kappa shape index (κ1) is 46.0. The van der Waals surface area contributed by atoms with Gasteiger partial charge in [0.2, 0.25) is 5.91 Å². The lowest BCUT2D eigenvalue weighted by atomic mass is 10.0. The van der Waals surface area contributed by atoms with Gasteiger partial charge in [-0.05, 0) is 38.5 Å². The van der Waals surface area contributed by atoms with Crippen LogP contribution in [0.15, 0.2) is 24.3 Å². The fourth-order valence-electron chi connectivity index (χ4n) is 5.28. The Morgan fingerprint density at radius 3 is 1.72 bits per heavy atom. The van der Waals surface area contributed by atoms with Gasteiger partial charge in [0.15, 0.2) is 0 Å². The number of hydrogen-bond acceptors (Lipinski definition) is 5. The third-order valence-electron chi connectivity index (χ3n) is 8.40. The lowest BCUT2D eigenvalue weighted by Gasteiger charge is -2.25. The summed E-state index contributed by atoms with van der Waals surface area (Å²) in [5, 5.41) is 13.7. The molecule has 9 heteroatoms. The highest BCUT2D eigenvalue weighted by Gasteiger charge is 2.27. The van der Waals surface area contributed by atoms with Gasteiger partial charge in [-0.2, -0.15) is 0 Å². The van der Waals surface area contributed by atoms with Gasteiger partial charge in [-0.25, -0.2) is 4.57 Å². The van der Waals surface area contributed by atoms with E-state index in [9.17, 15) is 19.4 Å². The van der Waals surface area contributed by atoms with E-state index in [-0.39, 0.29) is 19.1 Å². The summed E-state index contributed by atoms with van der Waals surface area (Å²) in [5.74, 6) is -0.191. The molecule has 0 heterocycles. The molecular weight excluding hydrogens is 611 g/mol. The van der Waals surface area contributed by atoms with Crippen LogP contribution in [0, 0.1) is 0 Å². The summed E-state index contributed by atoms with van der Waals surface area (Å²) in [4.78, 5) is 22.9. The van der Waals surface area contributed by atoms with E-state index in [1.807, 2.05) is 27.2 Å². The Kier molecular flexibility index (Phi) is 30.3. The van der Waals surface area contributed by atoms with E-state index in [0.717, 1.165) is 57.8 Å². The first-order chi connectivity index (χ1) is 22.5. The van der Waals surface area contributed by atoms with Crippen molar-refractivity contribution in [3.8, 4) is 0 Å². The molecular formula is C38H76N2O6P+. The second-order valence-corrected chi connectivity index (χ2v) is 15.8. The Bertz CT molecular complexity index is 829. The highest BCUT2D eigenvalue weighted by Crippen LogP contribution is 2.43. The van der Waals surface area contributed by atoms with Gasteiger partial charge in [-0.3, -0.25) is 13.8 Å². The van der Waals surface area contributed by atoms with Gasteiger partial charge in [-0.1, -0.05) is 141 Å². The maximum absolute atomic E-state index is 12.7. The SMILES string of the molecule is CCC/C=C\CCCCCCCC(=O)NC(COP(=O)(O)OCC[N+](C)(C)C)C(O)/C=C/CCCCCCCCCCCCCCC. The number of nitrogens with one attached hydrogen (secondary N) is 1. The number of carbonyl (C=O) groups excluding carboxylic acids is 1. The molecule has 0 radical (unpaired) electrons. The molecule has 8 nitrogen and oxygen atoms in total. The minimum atomic E-state index is -4.33. The minimum absolute atomic E-state index is 0.0604. The zero-order chi connectivity index (χ0) is 35.1. The van der Waals surface area contributed by atoms with E-state index in [2.05, 4.69) is 31.3 Å². The van der Waals surface area contributed by atoms with Crippen molar-refractivity contribution in [2.24, 2.45) is 0 Å².